The minimum Gasteiger partial charge on any atom is -0.378 e. The predicted octanol–water partition coefficient (Wildman–Crippen LogP) is 0.643. The quantitative estimate of drug-likeness (QED) is 0.822. The molecule has 3 rings (SSSR count). The van der Waals surface area contributed by atoms with E-state index < -0.39 is 5.91 Å². The number of hydrogen-bond acceptors (Lipinski definition) is 4. The van der Waals surface area contributed by atoms with Crippen LogP contribution in [0.3, 0.4) is 0 Å². The van der Waals surface area contributed by atoms with Crippen molar-refractivity contribution in [3.8, 4) is 0 Å². The molecule has 0 aromatic carbocycles. The largest absolute Gasteiger partial charge is 0.378 e. The minimum absolute atomic E-state index is 0.160. The van der Waals surface area contributed by atoms with Gasteiger partial charge in [0.15, 0.2) is 0 Å². The van der Waals surface area contributed by atoms with Crippen LogP contribution in [0.1, 0.15) is 28.9 Å². The van der Waals surface area contributed by atoms with Crippen molar-refractivity contribution in [3.63, 3.8) is 0 Å². The second kappa shape index (κ2) is 4.45. The molecule has 1 aromatic heterocycles. The van der Waals surface area contributed by atoms with Gasteiger partial charge in [0.25, 0.3) is 5.91 Å². The fourth-order valence-corrected chi connectivity index (χ4v) is 2.50. The van der Waals surface area contributed by atoms with Crippen molar-refractivity contribution >= 4 is 11.7 Å². The number of aromatic nitrogens is 2. The fourth-order valence-electron chi connectivity index (χ4n) is 2.50. The monoisotopic (exact) mass is 248 g/mol. The van der Waals surface area contributed by atoms with Crippen LogP contribution >= 0.6 is 0 Å². The van der Waals surface area contributed by atoms with E-state index in [1.54, 1.807) is 10.9 Å². The van der Waals surface area contributed by atoms with Crippen LogP contribution < -0.4 is 11.1 Å². The van der Waals surface area contributed by atoms with E-state index in [1.807, 2.05) is 6.08 Å². The zero-order chi connectivity index (χ0) is 12.5. The van der Waals surface area contributed by atoms with E-state index in [0.29, 0.717) is 24.3 Å². The summed E-state index contributed by atoms with van der Waals surface area (Å²) in [6.45, 7) is 1.46. The van der Waals surface area contributed by atoms with Crippen molar-refractivity contribution in [1.82, 2.24) is 9.78 Å². The van der Waals surface area contributed by atoms with E-state index in [2.05, 4.69) is 10.4 Å². The molecule has 0 aliphatic carbocycles. The summed E-state index contributed by atoms with van der Waals surface area (Å²) >= 11 is 0. The first-order valence-electron chi connectivity index (χ1n) is 6.18. The minimum atomic E-state index is -0.438. The van der Waals surface area contributed by atoms with Gasteiger partial charge in [-0.15, -0.1) is 0 Å². The highest BCUT2D eigenvalue weighted by atomic mass is 16.5. The van der Waals surface area contributed by atoms with Crippen LogP contribution in [-0.2, 0) is 17.7 Å². The molecule has 96 valence electrons. The normalized spacial score (nSPS) is 21.7. The van der Waals surface area contributed by atoms with Crippen LogP contribution in [-0.4, -0.2) is 28.4 Å². The number of nitrogens with zero attached hydrogens (tertiary/aromatic N) is 2. The third-order valence-corrected chi connectivity index (χ3v) is 3.33. The molecule has 2 aliphatic heterocycles. The molecule has 1 amide bonds. The first-order chi connectivity index (χ1) is 8.75. The predicted molar refractivity (Wildman–Crippen MR) is 66.2 cm³/mol. The number of fused-ring (bicyclic) bond motifs is 1. The van der Waals surface area contributed by atoms with E-state index in [1.165, 1.54) is 0 Å². The van der Waals surface area contributed by atoms with Gasteiger partial charge < -0.3 is 15.8 Å². The Morgan fingerprint density at radius 1 is 1.67 bits per heavy atom. The fraction of sp³-hybridized carbons (Fsp3) is 0.500. The van der Waals surface area contributed by atoms with Crippen LogP contribution in [0.4, 0.5) is 5.82 Å². The summed E-state index contributed by atoms with van der Waals surface area (Å²) in [6.07, 6.45) is 6.66. The number of carbonyl (C=O) groups is 1. The van der Waals surface area contributed by atoms with Crippen molar-refractivity contribution in [2.75, 3.05) is 11.9 Å². The molecule has 6 heteroatoms. The van der Waals surface area contributed by atoms with Crippen LogP contribution in [0.25, 0.3) is 0 Å². The van der Waals surface area contributed by atoms with E-state index >= 15 is 0 Å². The summed E-state index contributed by atoms with van der Waals surface area (Å²) < 4.78 is 7.35. The number of anilines is 1. The smallest absolute Gasteiger partial charge is 0.254 e. The number of ether oxygens (including phenoxy) is 1. The molecular weight excluding hydrogens is 232 g/mol. The SMILES string of the molecule is NC(=O)c1c(CC2CCCO2)nn2c1NC=CC2. The maximum Gasteiger partial charge on any atom is 0.254 e. The topological polar surface area (TPSA) is 82.2 Å². The Morgan fingerprint density at radius 3 is 3.28 bits per heavy atom. The van der Waals surface area contributed by atoms with Gasteiger partial charge in [0.05, 0.1) is 18.3 Å². The summed E-state index contributed by atoms with van der Waals surface area (Å²) in [5.41, 5.74) is 6.69. The Morgan fingerprint density at radius 2 is 2.56 bits per heavy atom. The number of carbonyl (C=O) groups excluding carboxylic acids is 1. The van der Waals surface area contributed by atoms with Gasteiger partial charge in [0.2, 0.25) is 0 Å². The first-order valence-corrected chi connectivity index (χ1v) is 6.18. The van der Waals surface area contributed by atoms with E-state index in [-0.39, 0.29) is 6.10 Å². The van der Waals surface area contributed by atoms with Crippen LogP contribution in [0.5, 0.6) is 0 Å². The number of primary amides is 1. The third-order valence-electron chi connectivity index (χ3n) is 3.33. The molecule has 0 bridgehead atoms. The van der Waals surface area contributed by atoms with Crippen molar-refractivity contribution < 1.29 is 9.53 Å². The second-order valence-electron chi connectivity index (χ2n) is 4.60. The van der Waals surface area contributed by atoms with Crippen LogP contribution in [0, 0.1) is 0 Å². The lowest BCUT2D eigenvalue weighted by molar-refractivity contribution is 0.0993. The molecule has 1 fully saturated rings. The lowest BCUT2D eigenvalue weighted by Gasteiger charge is -2.10. The van der Waals surface area contributed by atoms with Gasteiger partial charge >= 0.3 is 0 Å². The molecule has 3 heterocycles. The lowest BCUT2D eigenvalue weighted by atomic mass is 10.1. The van der Waals surface area contributed by atoms with Gasteiger partial charge in [0.1, 0.15) is 11.4 Å². The zero-order valence-corrected chi connectivity index (χ0v) is 10.1. The molecule has 0 saturated carbocycles. The molecule has 0 spiro atoms. The number of allylic oxidation sites excluding steroid dienone is 1. The van der Waals surface area contributed by atoms with Gasteiger partial charge in [-0.3, -0.25) is 4.79 Å². The number of hydrogen-bond donors (Lipinski definition) is 2. The van der Waals surface area contributed by atoms with Gasteiger partial charge in [-0.1, -0.05) is 0 Å². The molecular formula is C12H16N4O2. The molecule has 0 radical (unpaired) electrons. The maximum absolute atomic E-state index is 11.6. The highest BCUT2D eigenvalue weighted by molar-refractivity contribution is 5.99. The van der Waals surface area contributed by atoms with Crippen LogP contribution in [0.2, 0.25) is 0 Å². The highest BCUT2D eigenvalue weighted by Gasteiger charge is 2.26. The maximum atomic E-state index is 11.6. The Balaban J connectivity index is 1.92. The number of nitrogens with two attached hydrogens (primary N) is 1. The van der Waals surface area contributed by atoms with E-state index in [9.17, 15) is 4.79 Å². The van der Waals surface area contributed by atoms with Crippen molar-refractivity contribution in [3.05, 3.63) is 23.5 Å². The highest BCUT2D eigenvalue weighted by Crippen LogP contribution is 2.25. The number of amides is 1. The lowest BCUT2D eigenvalue weighted by Crippen LogP contribution is -2.18. The van der Waals surface area contributed by atoms with Crippen molar-refractivity contribution in [2.45, 2.75) is 31.9 Å². The standard InChI is InChI=1S/C12H16N4O2/c13-11(17)10-9(7-8-3-1-6-18-8)15-16-5-2-4-14-12(10)16/h2,4,8,14H,1,3,5-7H2,(H2,13,17). The Hall–Kier alpha value is -1.82. The van der Waals surface area contributed by atoms with Crippen LogP contribution in [0.15, 0.2) is 12.3 Å². The molecule has 1 unspecified atom stereocenters. The molecule has 1 atom stereocenters. The van der Waals surface area contributed by atoms with Gasteiger partial charge in [-0.05, 0) is 18.9 Å². The summed E-state index contributed by atoms with van der Waals surface area (Å²) in [5, 5.41) is 7.49. The molecule has 2 aliphatic rings. The van der Waals surface area contributed by atoms with Gasteiger partial charge in [0, 0.05) is 19.2 Å². The molecule has 1 saturated heterocycles. The molecule has 18 heavy (non-hydrogen) atoms. The summed E-state index contributed by atoms with van der Waals surface area (Å²) in [6, 6.07) is 0. The average molecular weight is 248 g/mol. The summed E-state index contributed by atoms with van der Waals surface area (Å²) in [5.74, 6) is 0.255. The first kappa shape index (κ1) is 11.3. The second-order valence-corrected chi connectivity index (χ2v) is 4.60. The average Bonchev–Trinajstić information content (AvgIpc) is 2.95. The molecule has 6 nitrogen and oxygen atoms in total. The Kier molecular flexibility index (Phi) is 2.79. The van der Waals surface area contributed by atoms with Gasteiger partial charge in [-0.25, -0.2) is 4.68 Å². The van der Waals surface area contributed by atoms with Gasteiger partial charge in [-0.2, -0.15) is 5.10 Å². The Labute approximate surface area is 105 Å². The summed E-state index contributed by atoms with van der Waals surface area (Å²) in [7, 11) is 0. The Bertz CT molecular complexity index is 500. The van der Waals surface area contributed by atoms with E-state index in [0.717, 1.165) is 25.1 Å². The third kappa shape index (κ3) is 1.88. The van der Waals surface area contributed by atoms with Crippen molar-refractivity contribution in [1.29, 1.82) is 0 Å². The molecule has 1 aromatic rings. The number of nitrogens with one attached hydrogen (secondary N) is 1. The molecule has 3 N–H and O–H groups in total. The number of rotatable bonds is 3. The van der Waals surface area contributed by atoms with Crippen molar-refractivity contribution in [2.24, 2.45) is 5.73 Å². The summed E-state index contributed by atoms with van der Waals surface area (Å²) in [4.78, 5) is 11.6. The zero-order valence-electron chi connectivity index (χ0n) is 10.1. The van der Waals surface area contributed by atoms with E-state index in [4.69, 9.17) is 10.5 Å².